The lowest BCUT2D eigenvalue weighted by atomic mass is 9.95. The van der Waals surface area contributed by atoms with Gasteiger partial charge in [0.05, 0.1) is 0 Å². The number of carbonyl (C=O) groups excluding carboxylic acids is 1. The summed E-state index contributed by atoms with van der Waals surface area (Å²) in [6.45, 7) is 3.54. The van der Waals surface area contributed by atoms with Crippen molar-refractivity contribution in [2.75, 3.05) is 6.54 Å². The van der Waals surface area contributed by atoms with Gasteiger partial charge in [-0.25, -0.2) is 0 Å². The molecule has 1 unspecified atom stereocenters. The number of benzene rings is 2. The highest BCUT2D eigenvalue weighted by molar-refractivity contribution is 14.1. The molecule has 23 heavy (non-hydrogen) atoms. The quantitative estimate of drug-likeness (QED) is 0.624. The first kappa shape index (κ1) is 16.8. The van der Waals surface area contributed by atoms with Gasteiger partial charge in [-0.1, -0.05) is 41.9 Å². The zero-order valence-electron chi connectivity index (χ0n) is 13.1. The number of halogens is 2. The minimum Gasteiger partial charge on any atom is -0.338 e. The lowest BCUT2D eigenvalue weighted by Gasteiger charge is -2.19. The smallest absolute Gasteiger partial charge is 0.226 e. The molecule has 1 aliphatic heterocycles. The van der Waals surface area contributed by atoms with Crippen molar-refractivity contribution in [2.24, 2.45) is 5.92 Å². The third-order valence-electron chi connectivity index (χ3n) is 4.55. The molecule has 120 valence electrons. The van der Waals surface area contributed by atoms with Crippen LogP contribution in [0.4, 0.5) is 0 Å². The second-order valence-electron chi connectivity index (χ2n) is 6.08. The molecular weight excluding hydrogens is 421 g/mol. The maximum atomic E-state index is 12.7. The number of nitrogens with zero attached hydrogens (tertiary/aromatic N) is 1. The number of hydrogen-bond acceptors (Lipinski definition) is 1. The van der Waals surface area contributed by atoms with Gasteiger partial charge in [0, 0.05) is 33.2 Å². The Kier molecular flexibility index (Phi) is 5.27. The van der Waals surface area contributed by atoms with E-state index in [-0.39, 0.29) is 11.8 Å². The molecular formula is C19H19ClINO. The lowest BCUT2D eigenvalue weighted by molar-refractivity contribution is -0.131. The molecule has 1 atom stereocenters. The van der Waals surface area contributed by atoms with E-state index >= 15 is 0 Å². The molecule has 2 aromatic carbocycles. The van der Waals surface area contributed by atoms with Crippen LogP contribution in [0.2, 0.25) is 5.02 Å². The second kappa shape index (κ2) is 7.22. The molecule has 1 saturated heterocycles. The number of carbonyl (C=O) groups is 1. The van der Waals surface area contributed by atoms with Gasteiger partial charge >= 0.3 is 0 Å². The number of amides is 1. The molecule has 0 spiro atoms. The topological polar surface area (TPSA) is 20.3 Å². The molecule has 1 amide bonds. The Morgan fingerprint density at radius 3 is 2.74 bits per heavy atom. The van der Waals surface area contributed by atoms with Gasteiger partial charge in [0.2, 0.25) is 5.91 Å². The molecule has 0 N–H and O–H groups in total. The van der Waals surface area contributed by atoms with Crippen molar-refractivity contribution < 1.29 is 4.79 Å². The summed E-state index contributed by atoms with van der Waals surface area (Å²) in [5.74, 6) is 0.347. The van der Waals surface area contributed by atoms with Crippen molar-refractivity contribution in [2.45, 2.75) is 26.3 Å². The van der Waals surface area contributed by atoms with Crippen LogP contribution in [-0.4, -0.2) is 17.4 Å². The fourth-order valence-corrected chi connectivity index (χ4v) is 4.19. The summed E-state index contributed by atoms with van der Waals surface area (Å²) in [6.07, 6.45) is 1.76. The number of aryl methyl sites for hydroxylation is 1. The molecule has 0 saturated carbocycles. The van der Waals surface area contributed by atoms with E-state index in [1.165, 1.54) is 11.1 Å². The van der Waals surface area contributed by atoms with Gasteiger partial charge in [-0.2, -0.15) is 0 Å². The molecule has 0 aliphatic carbocycles. The Morgan fingerprint density at radius 2 is 2.00 bits per heavy atom. The van der Waals surface area contributed by atoms with Gasteiger partial charge in [0.1, 0.15) is 0 Å². The Balaban J connectivity index is 1.71. The fraction of sp³-hybridized carbons (Fsp3) is 0.316. The van der Waals surface area contributed by atoms with Crippen LogP contribution in [0.5, 0.6) is 0 Å². The maximum Gasteiger partial charge on any atom is 0.226 e. The zero-order chi connectivity index (χ0) is 16.4. The predicted molar refractivity (Wildman–Crippen MR) is 103 cm³/mol. The predicted octanol–water partition coefficient (Wildman–Crippen LogP) is 4.84. The molecule has 0 aromatic heterocycles. The summed E-state index contributed by atoms with van der Waals surface area (Å²) in [4.78, 5) is 14.7. The lowest BCUT2D eigenvalue weighted by Crippen LogP contribution is -2.28. The summed E-state index contributed by atoms with van der Waals surface area (Å²) >= 11 is 8.59. The fourth-order valence-electron chi connectivity index (χ4n) is 3.13. The van der Waals surface area contributed by atoms with Crippen LogP contribution >= 0.6 is 34.2 Å². The van der Waals surface area contributed by atoms with Crippen LogP contribution in [0.3, 0.4) is 0 Å². The third-order valence-corrected chi connectivity index (χ3v) is 5.91. The number of hydrogen-bond donors (Lipinski definition) is 0. The summed E-state index contributed by atoms with van der Waals surface area (Å²) in [5, 5.41) is 0.743. The summed E-state index contributed by atoms with van der Waals surface area (Å²) in [7, 11) is 0. The van der Waals surface area contributed by atoms with Crippen molar-refractivity contribution in [3.05, 3.63) is 67.7 Å². The minimum absolute atomic E-state index is 0.0937. The SMILES string of the molecule is Cc1ccccc1CC1CCN(Cc2c(Cl)cccc2I)C1=O. The minimum atomic E-state index is 0.0937. The highest BCUT2D eigenvalue weighted by Gasteiger charge is 2.32. The summed E-state index contributed by atoms with van der Waals surface area (Å²) < 4.78 is 1.12. The molecule has 1 heterocycles. The Bertz CT molecular complexity index is 711. The summed E-state index contributed by atoms with van der Waals surface area (Å²) in [6, 6.07) is 14.2. The van der Waals surface area contributed by atoms with Gasteiger partial charge < -0.3 is 4.90 Å². The highest BCUT2D eigenvalue weighted by atomic mass is 127. The van der Waals surface area contributed by atoms with Crippen LogP contribution in [-0.2, 0) is 17.8 Å². The Hall–Kier alpha value is -1.07. The first-order valence-corrected chi connectivity index (χ1v) is 9.28. The van der Waals surface area contributed by atoms with Gasteiger partial charge in [-0.3, -0.25) is 4.79 Å². The van der Waals surface area contributed by atoms with Gasteiger partial charge in [0.15, 0.2) is 0 Å². The van der Waals surface area contributed by atoms with Crippen molar-refractivity contribution in [1.29, 1.82) is 0 Å². The van der Waals surface area contributed by atoms with E-state index in [1.54, 1.807) is 0 Å². The monoisotopic (exact) mass is 439 g/mol. The van der Waals surface area contributed by atoms with Crippen LogP contribution in [0.25, 0.3) is 0 Å². The first-order valence-electron chi connectivity index (χ1n) is 7.82. The van der Waals surface area contributed by atoms with Crippen LogP contribution in [0.15, 0.2) is 42.5 Å². The molecule has 1 fully saturated rings. The highest BCUT2D eigenvalue weighted by Crippen LogP contribution is 2.28. The van der Waals surface area contributed by atoms with Crippen LogP contribution < -0.4 is 0 Å². The van der Waals surface area contributed by atoms with E-state index < -0.39 is 0 Å². The van der Waals surface area contributed by atoms with Gasteiger partial charge in [-0.15, -0.1) is 0 Å². The van der Waals surface area contributed by atoms with Crippen molar-refractivity contribution >= 4 is 40.1 Å². The van der Waals surface area contributed by atoms with Crippen LogP contribution in [0.1, 0.15) is 23.1 Å². The van der Waals surface area contributed by atoms with Crippen molar-refractivity contribution in [3.63, 3.8) is 0 Å². The number of rotatable bonds is 4. The van der Waals surface area contributed by atoms with E-state index in [4.69, 9.17) is 11.6 Å². The van der Waals surface area contributed by atoms with Crippen molar-refractivity contribution in [3.8, 4) is 0 Å². The zero-order valence-corrected chi connectivity index (χ0v) is 16.0. The van der Waals surface area contributed by atoms with E-state index in [1.807, 2.05) is 35.2 Å². The number of likely N-dealkylation sites (tertiary alicyclic amines) is 1. The summed E-state index contributed by atoms with van der Waals surface area (Å²) in [5.41, 5.74) is 3.60. The van der Waals surface area contributed by atoms with E-state index in [9.17, 15) is 4.79 Å². The van der Waals surface area contributed by atoms with E-state index in [2.05, 4.69) is 41.6 Å². The average Bonchev–Trinajstić information content (AvgIpc) is 2.86. The molecule has 0 radical (unpaired) electrons. The Labute approximate surface area is 156 Å². The molecule has 2 aromatic rings. The molecule has 0 bridgehead atoms. The Morgan fingerprint density at radius 1 is 1.22 bits per heavy atom. The standard InChI is InChI=1S/C19H19ClINO/c1-13-5-2-3-6-14(13)11-15-9-10-22(19(15)23)12-16-17(20)7-4-8-18(16)21/h2-8,15H,9-12H2,1H3. The second-order valence-corrected chi connectivity index (χ2v) is 7.65. The largest absolute Gasteiger partial charge is 0.338 e. The van der Waals surface area contributed by atoms with Crippen LogP contribution in [0, 0.1) is 16.4 Å². The molecule has 4 heteroatoms. The van der Waals surface area contributed by atoms with Gasteiger partial charge in [-0.05, 0) is 65.6 Å². The molecule has 3 rings (SSSR count). The van der Waals surface area contributed by atoms with Crippen molar-refractivity contribution in [1.82, 2.24) is 4.90 Å². The van der Waals surface area contributed by atoms with E-state index in [0.717, 1.165) is 33.5 Å². The molecule has 2 nitrogen and oxygen atoms in total. The first-order chi connectivity index (χ1) is 11.1. The maximum absolute atomic E-state index is 12.7. The van der Waals surface area contributed by atoms with E-state index in [0.29, 0.717) is 6.54 Å². The third kappa shape index (κ3) is 3.72. The average molecular weight is 440 g/mol. The van der Waals surface area contributed by atoms with Gasteiger partial charge in [0.25, 0.3) is 0 Å². The normalized spacial score (nSPS) is 17.8. The molecule has 1 aliphatic rings.